The Morgan fingerprint density at radius 2 is 1.42 bits per heavy atom. The number of hydrogen-bond donors (Lipinski definition) is 1. The van der Waals surface area contributed by atoms with E-state index in [1.54, 1.807) is 48.5 Å². The van der Waals surface area contributed by atoms with Crippen LogP contribution >= 0.6 is 0 Å². The zero-order valence-corrected chi connectivity index (χ0v) is 19.1. The maximum atomic E-state index is 12.9. The third-order valence-electron chi connectivity index (χ3n) is 4.80. The van der Waals surface area contributed by atoms with Gasteiger partial charge in [0.1, 0.15) is 23.9 Å². The molecule has 0 unspecified atom stereocenters. The molecule has 1 amide bonds. The van der Waals surface area contributed by atoms with Gasteiger partial charge in [0.25, 0.3) is 5.91 Å². The van der Waals surface area contributed by atoms with Gasteiger partial charge in [-0.3, -0.25) is 9.10 Å². The molecule has 174 valence electrons. The first kappa shape index (κ1) is 24.1. The van der Waals surface area contributed by atoms with E-state index in [9.17, 15) is 17.6 Å². The van der Waals surface area contributed by atoms with E-state index in [4.69, 9.17) is 9.47 Å². The van der Waals surface area contributed by atoms with Crippen molar-refractivity contribution in [3.8, 4) is 11.5 Å². The molecule has 0 aromatic heterocycles. The van der Waals surface area contributed by atoms with Crippen LogP contribution < -0.4 is 19.1 Å². The molecule has 3 aromatic rings. The number of sulfonamides is 1. The number of halogens is 1. The number of ether oxygens (including phenoxy) is 2. The van der Waals surface area contributed by atoms with Crippen LogP contribution in [0.25, 0.3) is 0 Å². The average Bonchev–Trinajstić information content (AvgIpc) is 2.81. The molecule has 1 N–H and O–H groups in total. The second kappa shape index (κ2) is 10.8. The molecule has 0 heterocycles. The number of amides is 1. The second-order valence-corrected chi connectivity index (χ2v) is 9.36. The summed E-state index contributed by atoms with van der Waals surface area (Å²) in [6.07, 6.45) is 1.12. The fourth-order valence-electron chi connectivity index (χ4n) is 2.80. The lowest BCUT2D eigenvalue weighted by atomic mass is 10.2. The van der Waals surface area contributed by atoms with Crippen molar-refractivity contribution < 1.29 is 27.1 Å². The summed E-state index contributed by atoms with van der Waals surface area (Å²) in [6, 6.07) is 19.8. The highest BCUT2D eigenvalue weighted by Crippen LogP contribution is 2.20. The van der Waals surface area contributed by atoms with Gasteiger partial charge in [-0.2, -0.15) is 0 Å². The van der Waals surface area contributed by atoms with Crippen LogP contribution in [0.3, 0.4) is 0 Å². The summed E-state index contributed by atoms with van der Waals surface area (Å²) in [7, 11) is -1.88. The van der Waals surface area contributed by atoms with Gasteiger partial charge >= 0.3 is 0 Å². The molecule has 0 saturated carbocycles. The van der Waals surface area contributed by atoms with Gasteiger partial charge in [0.15, 0.2) is 6.61 Å². The summed E-state index contributed by atoms with van der Waals surface area (Å²) < 4.78 is 48.3. The molecule has 0 atom stereocenters. The fourth-order valence-corrected chi connectivity index (χ4v) is 3.30. The van der Waals surface area contributed by atoms with Crippen LogP contribution in [0.4, 0.5) is 10.1 Å². The highest BCUT2D eigenvalue weighted by Gasteiger charge is 2.12. The maximum Gasteiger partial charge on any atom is 0.258 e. The van der Waals surface area contributed by atoms with E-state index in [0.717, 1.165) is 21.7 Å². The van der Waals surface area contributed by atoms with Gasteiger partial charge in [0.05, 0.1) is 11.9 Å². The Kier molecular flexibility index (Phi) is 7.89. The molecule has 9 heteroatoms. The Labute approximate surface area is 192 Å². The molecule has 0 aliphatic heterocycles. The minimum Gasteiger partial charge on any atom is -0.489 e. The predicted molar refractivity (Wildman–Crippen MR) is 124 cm³/mol. The number of rotatable bonds is 10. The molecular weight excluding hydrogens is 447 g/mol. The minimum absolute atomic E-state index is 0.167. The van der Waals surface area contributed by atoms with Crippen molar-refractivity contribution in [3.63, 3.8) is 0 Å². The van der Waals surface area contributed by atoms with Crippen molar-refractivity contribution in [3.05, 3.63) is 89.7 Å². The summed E-state index contributed by atoms with van der Waals surface area (Å²) >= 11 is 0. The first-order valence-corrected chi connectivity index (χ1v) is 12.0. The van der Waals surface area contributed by atoms with E-state index in [1.165, 1.54) is 19.2 Å². The Bertz CT molecular complexity index is 1160. The molecule has 0 radical (unpaired) electrons. The van der Waals surface area contributed by atoms with Crippen LogP contribution in [-0.2, 0) is 28.0 Å². The quantitative estimate of drug-likeness (QED) is 0.488. The first-order valence-electron chi connectivity index (χ1n) is 10.1. The standard InChI is InChI=1S/C24H25FN2O5S/c1-27(33(2,29)30)21-9-13-23(14-10-21)32-17-24(28)26-15-18-5-11-22(12-6-18)31-16-19-3-7-20(25)8-4-19/h3-14H,15-17H2,1-2H3,(H,26,28). The summed E-state index contributed by atoms with van der Waals surface area (Å²) in [6.45, 7) is 0.498. The van der Waals surface area contributed by atoms with Gasteiger partial charge in [-0.15, -0.1) is 0 Å². The topological polar surface area (TPSA) is 84.9 Å². The largest absolute Gasteiger partial charge is 0.489 e. The molecule has 0 saturated heterocycles. The Balaban J connectivity index is 1.41. The van der Waals surface area contributed by atoms with E-state index in [-0.39, 0.29) is 18.3 Å². The van der Waals surface area contributed by atoms with Crippen molar-refractivity contribution in [2.24, 2.45) is 0 Å². The summed E-state index contributed by atoms with van der Waals surface area (Å²) in [5.74, 6) is 0.552. The summed E-state index contributed by atoms with van der Waals surface area (Å²) in [4.78, 5) is 12.1. The Hall–Kier alpha value is -3.59. The van der Waals surface area contributed by atoms with Gasteiger partial charge in [-0.05, 0) is 59.7 Å². The van der Waals surface area contributed by atoms with Gasteiger partial charge in [-0.25, -0.2) is 12.8 Å². The molecule has 0 bridgehead atoms. The van der Waals surface area contributed by atoms with Crippen LogP contribution in [-0.4, -0.2) is 34.2 Å². The third-order valence-corrected chi connectivity index (χ3v) is 6.01. The number of anilines is 1. The number of hydrogen-bond acceptors (Lipinski definition) is 5. The van der Waals surface area contributed by atoms with E-state index >= 15 is 0 Å². The second-order valence-electron chi connectivity index (χ2n) is 7.35. The molecule has 7 nitrogen and oxygen atoms in total. The van der Waals surface area contributed by atoms with Crippen molar-refractivity contribution in [2.45, 2.75) is 13.2 Å². The van der Waals surface area contributed by atoms with Crippen molar-refractivity contribution in [1.29, 1.82) is 0 Å². The van der Waals surface area contributed by atoms with Gasteiger partial charge in [-0.1, -0.05) is 24.3 Å². The van der Waals surface area contributed by atoms with Crippen LogP contribution in [0.2, 0.25) is 0 Å². The van der Waals surface area contributed by atoms with E-state index in [1.807, 2.05) is 12.1 Å². The van der Waals surface area contributed by atoms with Crippen LogP contribution in [0.15, 0.2) is 72.8 Å². The molecule has 3 aromatic carbocycles. The molecule has 0 fully saturated rings. The van der Waals surface area contributed by atoms with Crippen molar-refractivity contribution >= 4 is 21.6 Å². The number of nitrogens with zero attached hydrogens (tertiary/aromatic N) is 1. The van der Waals surface area contributed by atoms with Gasteiger partial charge in [0.2, 0.25) is 10.0 Å². The molecule has 33 heavy (non-hydrogen) atoms. The SMILES string of the molecule is CN(c1ccc(OCC(=O)NCc2ccc(OCc3ccc(F)cc3)cc2)cc1)S(C)(=O)=O. The summed E-state index contributed by atoms with van der Waals surface area (Å²) in [5.41, 5.74) is 2.26. The average molecular weight is 473 g/mol. The van der Waals surface area contributed by atoms with Gasteiger partial charge in [0, 0.05) is 13.6 Å². The lowest BCUT2D eigenvalue weighted by molar-refractivity contribution is -0.123. The number of carbonyl (C=O) groups is 1. The maximum absolute atomic E-state index is 12.9. The minimum atomic E-state index is -3.34. The summed E-state index contributed by atoms with van der Waals surface area (Å²) in [5, 5.41) is 2.77. The zero-order valence-electron chi connectivity index (χ0n) is 18.3. The molecule has 0 aliphatic rings. The first-order chi connectivity index (χ1) is 15.7. The molecular formula is C24H25FN2O5S. The van der Waals surface area contributed by atoms with Crippen molar-refractivity contribution in [1.82, 2.24) is 5.32 Å². The van der Waals surface area contributed by atoms with Crippen molar-refractivity contribution in [2.75, 3.05) is 24.2 Å². The Morgan fingerprint density at radius 3 is 2.03 bits per heavy atom. The zero-order chi connectivity index (χ0) is 23.8. The van der Waals surface area contributed by atoms with Crippen LogP contribution in [0.1, 0.15) is 11.1 Å². The Morgan fingerprint density at radius 1 is 0.879 bits per heavy atom. The molecule has 3 rings (SSSR count). The van der Waals surface area contributed by atoms with Crippen LogP contribution in [0, 0.1) is 5.82 Å². The fraction of sp³-hybridized carbons (Fsp3) is 0.208. The van der Waals surface area contributed by atoms with Gasteiger partial charge < -0.3 is 14.8 Å². The van der Waals surface area contributed by atoms with E-state index in [2.05, 4.69) is 5.32 Å². The lowest BCUT2D eigenvalue weighted by Gasteiger charge is -2.16. The third kappa shape index (κ3) is 7.50. The normalized spacial score (nSPS) is 11.0. The monoisotopic (exact) mass is 472 g/mol. The van der Waals surface area contributed by atoms with E-state index < -0.39 is 10.0 Å². The smallest absolute Gasteiger partial charge is 0.258 e. The predicted octanol–water partition coefficient (Wildman–Crippen LogP) is 3.50. The highest BCUT2D eigenvalue weighted by molar-refractivity contribution is 7.92. The number of benzene rings is 3. The molecule has 0 aliphatic carbocycles. The number of nitrogens with one attached hydrogen (secondary N) is 1. The highest BCUT2D eigenvalue weighted by atomic mass is 32.2. The molecule has 0 spiro atoms. The van der Waals surface area contributed by atoms with E-state index in [0.29, 0.717) is 30.3 Å². The van der Waals surface area contributed by atoms with Crippen LogP contribution in [0.5, 0.6) is 11.5 Å². The number of carbonyl (C=O) groups excluding carboxylic acids is 1. The lowest BCUT2D eigenvalue weighted by Crippen LogP contribution is -2.28.